The highest BCUT2D eigenvalue weighted by molar-refractivity contribution is 8.80. The van der Waals surface area contributed by atoms with Crippen molar-refractivity contribution in [3.8, 4) is 0 Å². The van der Waals surface area contributed by atoms with Gasteiger partial charge >= 0.3 is 0 Å². The van der Waals surface area contributed by atoms with E-state index in [1.54, 1.807) is 0 Å². The summed E-state index contributed by atoms with van der Waals surface area (Å²) in [6, 6.07) is 13.1. The molecule has 36 heavy (non-hydrogen) atoms. The molecule has 0 aliphatic rings. The summed E-state index contributed by atoms with van der Waals surface area (Å²) >= 11 is 0. The van der Waals surface area contributed by atoms with Gasteiger partial charge < -0.3 is 0 Å². The second-order valence-corrected chi connectivity index (χ2v) is 11.9. The molecule has 0 atom stereocenters. The fraction of sp³-hybridized carbons (Fsp3) is 0.438. The van der Waals surface area contributed by atoms with Crippen LogP contribution in [0.1, 0.15) is 74.6 Å². The SMILES string of the molecule is CCCC/C=C(\C=[N+](C)c1c(C)cccc1C)SS/C(C=[N+](C)c1c(C)cccc1C)=C/CCCC. The van der Waals surface area contributed by atoms with Gasteiger partial charge in [-0.3, -0.25) is 0 Å². The summed E-state index contributed by atoms with van der Waals surface area (Å²) in [6.07, 6.45) is 16.5. The summed E-state index contributed by atoms with van der Waals surface area (Å²) in [6.45, 7) is 13.3. The molecule has 194 valence electrons. The number of hydrogen-bond acceptors (Lipinski definition) is 2. The van der Waals surface area contributed by atoms with Crippen molar-refractivity contribution in [2.24, 2.45) is 0 Å². The zero-order valence-corrected chi connectivity index (χ0v) is 25.4. The highest BCUT2D eigenvalue weighted by Gasteiger charge is 2.15. The molecule has 2 nitrogen and oxygen atoms in total. The molecule has 0 unspecified atom stereocenters. The lowest BCUT2D eigenvalue weighted by molar-refractivity contribution is -0.400. The van der Waals surface area contributed by atoms with Gasteiger partial charge in [-0.15, -0.1) is 0 Å². The van der Waals surface area contributed by atoms with Gasteiger partial charge in [0.15, 0.2) is 12.4 Å². The Balaban J connectivity index is 2.35. The van der Waals surface area contributed by atoms with E-state index in [0.29, 0.717) is 0 Å². The number of hydrogen-bond donors (Lipinski definition) is 0. The van der Waals surface area contributed by atoms with E-state index in [4.69, 9.17) is 0 Å². The molecule has 0 fully saturated rings. The lowest BCUT2D eigenvalue weighted by Crippen LogP contribution is -2.05. The Hall–Kier alpha value is -2.04. The van der Waals surface area contributed by atoms with Gasteiger partial charge in [0.2, 0.25) is 11.4 Å². The smallest absolute Gasteiger partial charge is 0.200 e. The fourth-order valence-corrected chi connectivity index (χ4v) is 6.65. The second-order valence-electron chi connectivity index (χ2n) is 9.62. The van der Waals surface area contributed by atoms with Crippen LogP contribution in [0.5, 0.6) is 0 Å². The van der Waals surface area contributed by atoms with Crippen LogP contribution in [0.15, 0.2) is 58.4 Å². The summed E-state index contributed by atoms with van der Waals surface area (Å²) in [7, 11) is 8.09. The van der Waals surface area contributed by atoms with E-state index in [1.165, 1.54) is 69.1 Å². The molecule has 0 aliphatic heterocycles. The third kappa shape index (κ3) is 9.44. The van der Waals surface area contributed by atoms with Crippen molar-refractivity contribution in [3.63, 3.8) is 0 Å². The van der Waals surface area contributed by atoms with Crippen molar-refractivity contribution in [1.82, 2.24) is 0 Å². The number of rotatable bonds is 13. The topological polar surface area (TPSA) is 6.02 Å². The van der Waals surface area contributed by atoms with Gasteiger partial charge in [-0.05, 0) is 62.1 Å². The largest absolute Gasteiger partial charge is 0.210 e. The summed E-state index contributed by atoms with van der Waals surface area (Å²) in [5.74, 6) is 0. The monoisotopic (exact) mass is 522 g/mol. The predicted octanol–water partition coefficient (Wildman–Crippen LogP) is 9.84. The van der Waals surface area contributed by atoms with Crippen LogP contribution in [0.2, 0.25) is 0 Å². The minimum atomic E-state index is 1.11. The molecule has 2 rings (SSSR count). The Morgan fingerprint density at radius 3 is 1.28 bits per heavy atom. The third-order valence-electron chi connectivity index (χ3n) is 6.27. The number of allylic oxidation sites excluding steroid dienone is 4. The molecule has 0 saturated carbocycles. The Morgan fingerprint density at radius 2 is 0.972 bits per heavy atom. The zero-order valence-electron chi connectivity index (χ0n) is 23.7. The van der Waals surface area contributed by atoms with Crippen LogP contribution in [-0.4, -0.2) is 35.7 Å². The molecule has 0 aromatic heterocycles. The summed E-state index contributed by atoms with van der Waals surface area (Å²) in [5, 5.41) is 0. The van der Waals surface area contributed by atoms with Gasteiger partial charge in [0.1, 0.15) is 14.1 Å². The fourth-order valence-electron chi connectivity index (χ4n) is 4.44. The first-order valence-corrected chi connectivity index (χ1v) is 15.5. The number of unbranched alkanes of at least 4 members (excludes halogenated alkanes) is 4. The van der Waals surface area contributed by atoms with Crippen molar-refractivity contribution in [1.29, 1.82) is 0 Å². The van der Waals surface area contributed by atoms with Crippen LogP contribution >= 0.6 is 21.6 Å². The van der Waals surface area contributed by atoms with E-state index in [0.717, 1.165) is 12.8 Å². The molecular weight excluding hydrogens is 477 g/mol. The standard InChI is InChI=1S/C32H46N2S2/c1-9-11-13-21-29(23-33(7)31-25(3)17-15-18-26(31)4)35-36-30(22-14-12-10-2)24-34(8)32-27(5)19-16-20-28(32)6/h15-24H,9-14H2,1-8H3/q+2/b29-21+,30-22+,33-23?,34-24?. The maximum atomic E-state index is 2.41. The highest BCUT2D eigenvalue weighted by atomic mass is 33.1. The lowest BCUT2D eigenvalue weighted by atomic mass is 10.1. The van der Waals surface area contributed by atoms with Crippen molar-refractivity contribution >= 4 is 45.4 Å². The van der Waals surface area contributed by atoms with E-state index in [2.05, 4.69) is 126 Å². The van der Waals surface area contributed by atoms with Gasteiger partial charge in [0.05, 0.1) is 9.81 Å². The quantitative estimate of drug-likeness (QED) is 0.112. The first-order valence-electron chi connectivity index (χ1n) is 13.3. The molecule has 0 saturated heterocycles. The Labute approximate surface area is 228 Å². The summed E-state index contributed by atoms with van der Waals surface area (Å²) in [5.41, 5.74) is 7.83. The van der Waals surface area contributed by atoms with Gasteiger partial charge in [-0.2, -0.15) is 9.15 Å². The summed E-state index contributed by atoms with van der Waals surface area (Å²) < 4.78 is 4.59. The maximum absolute atomic E-state index is 2.41. The average molecular weight is 523 g/mol. The zero-order chi connectivity index (χ0) is 26.5. The Morgan fingerprint density at radius 1 is 0.639 bits per heavy atom. The van der Waals surface area contributed by atoms with E-state index in [1.807, 2.05) is 21.6 Å². The molecule has 0 heterocycles. The molecule has 0 aliphatic carbocycles. The van der Waals surface area contributed by atoms with E-state index >= 15 is 0 Å². The molecular formula is C32H46N2S2+2. The molecule has 0 radical (unpaired) electrons. The molecule has 0 spiro atoms. The summed E-state index contributed by atoms with van der Waals surface area (Å²) in [4.78, 5) is 2.62. The van der Waals surface area contributed by atoms with Crippen LogP contribution in [0.25, 0.3) is 0 Å². The average Bonchev–Trinajstić information content (AvgIpc) is 2.82. The third-order valence-corrected chi connectivity index (χ3v) is 8.68. The highest BCUT2D eigenvalue weighted by Crippen LogP contribution is 2.36. The number of aryl methyl sites for hydroxylation is 4. The van der Waals surface area contributed by atoms with Crippen LogP contribution in [0.3, 0.4) is 0 Å². The molecule has 2 aromatic rings. The Kier molecular flexibility index (Phi) is 13.4. The first kappa shape index (κ1) is 30.2. The van der Waals surface area contributed by atoms with Gasteiger partial charge in [-0.1, -0.05) is 88.1 Å². The van der Waals surface area contributed by atoms with E-state index < -0.39 is 0 Å². The van der Waals surface area contributed by atoms with Crippen molar-refractivity contribution in [2.75, 3.05) is 14.1 Å². The van der Waals surface area contributed by atoms with Crippen molar-refractivity contribution < 1.29 is 9.15 Å². The number of para-hydroxylation sites is 2. The predicted molar refractivity (Wildman–Crippen MR) is 166 cm³/mol. The van der Waals surface area contributed by atoms with Crippen LogP contribution in [0.4, 0.5) is 11.4 Å². The van der Waals surface area contributed by atoms with Crippen molar-refractivity contribution in [2.45, 2.75) is 80.1 Å². The van der Waals surface area contributed by atoms with E-state index in [-0.39, 0.29) is 0 Å². The van der Waals surface area contributed by atoms with Crippen molar-refractivity contribution in [3.05, 3.63) is 80.6 Å². The second kappa shape index (κ2) is 15.9. The molecule has 0 N–H and O–H groups in total. The minimum Gasteiger partial charge on any atom is -0.200 e. The van der Waals surface area contributed by atoms with Gasteiger partial charge in [-0.25, -0.2) is 0 Å². The maximum Gasteiger partial charge on any atom is 0.210 e. The van der Waals surface area contributed by atoms with Crippen LogP contribution < -0.4 is 0 Å². The van der Waals surface area contributed by atoms with Gasteiger partial charge in [0, 0.05) is 22.3 Å². The van der Waals surface area contributed by atoms with Gasteiger partial charge in [0.25, 0.3) is 0 Å². The molecule has 2 aromatic carbocycles. The number of nitrogens with zero attached hydrogens (tertiary/aromatic N) is 2. The molecule has 0 bridgehead atoms. The van der Waals surface area contributed by atoms with E-state index in [9.17, 15) is 0 Å². The van der Waals surface area contributed by atoms with Crippen LogP contribution in [0, 0.1) is 27.7 Å². The minimum absolute atomic E-state index is 1.11. The number of benzene rings is 2. The van der Waals surface area contributed by atoms with Crippen LogP contribution in [-0.2, 0) is 0 Å². The molecule has 0 amide bonds. The lowest BCUT2D eigenvalue weighted by Gasteiger charge is -2.07. The first-order chi connectivity index (χ1) is 17.3. The normalized spacial score (nSPS) is 13.4. The molecule has 4 heteroatoms. The Bertz CT molecular complexity index is 993.